The van der Waals surface area contributed by atoms with Crippen LogP contribution in [0.5, 0.6) is 0 Å². The van der Waals surface area contributed by atoms with Crippen LogP contribution in [0.3, 0.4) is 0 Å². The van der Waals surface area contributed by atoms with Gasteiger partial charge in [-0.25, -0.2) is 9.78 Å². The van der Waals surface area contributed by atoms with Crippen LogP contribution < -0.4 is 15.5 Å². The Bertz CT molecular complexity index is 1140. The normalized spacial score (nSPS) is 18.1. The van der Waals surface area contributed by atoms with E-state index in [9.17, 15) is 4.79 Å². The molecule has 0 aliphatic heterocycles. The van der Waals surface area contributed by atoms with Crippen molar-refractivity contribution in [2.24, 2.45) is 0 Å². The van der Waals surface area contributed by atoms with Crippen LogP contribution in [-0.4, -0.2) is 46.5 Å². The minimum Gasteiger partial charge on any atom is -0.362 e. The summed E-state index contributed by atoms with van der Waals surface area (Å²) in [5, 5.41) is 7.55. The highest BCUT2D eigenvalue weighted by Gasteiger charge is 2.28. The van der Waals surface area contributed by atoms with Gasteiger partial charge in [0.15, 0.2) is 0 Å². The number of nitrogens with one attached hydrogen (secondary N) is 2. The third kappa shape index (κ3) is 5.33. The second-order valence-corrected chi connectivity index (χ2v) is 9.46. The second-order valence-electron chi connectivity index (χ2n) is 9.03. The number of carbonyl (C=O) groups is 1. The maximum Gasteiger partial charge on any atom is 0.331 e. The van der Waals surface area contributed by atoms with Gasteiger partial charge in [-0.3, -0.25) is 4.31 Å². The predicted molar refractivity (Wildman–Crippen MR) is 139 cm³/mol. The highest BCUT2D eigenvalue weighted by molar-refractivity contribution is 7.78. The molecule has 3 aromatic rings. The molecule has 1 heterocycles. The van der Waals surface area contributed by atoms with Crippen LogP contribution in [0.2, 0.25) is 0 Å². The fraction of sp³-hybridized carbons (Fsp3) is 0.400. The van der Waals surface area contributed by atoms with E-state index in [-0.39, 0.29) is 18.1 Å². The fourth-order valence-corrected chi connectivity index (χ4v) is 4.69. The molecule has 2 amide bonds. The zero-order chi connectivity index (χ0) is 23.5. The number of rotatable bonds is 5. The number of urea groups is 1. The van der Waals surface area contributed by atoms with Crippen LogP contribution in [0.4, 0.5) is 22.2 Å². The number of nitrogens with zero attached hydrogens (tertiary/aromatic N) is 4. The van der Waals surface area contributed by atoms with Crippen molar-refractivity contribution in [2.75, 3.05) is 29.6 Å². The number of carbonyl (C=O) groups excluding carboxylic acids is 1. The smallest absolute Gasteiger partial charge is 0.331 e. The minimum atomic E-state index is -0.185. The van der Waals surface area contributed by atoms with Gasteiger partial charge in [-0.2, -0.15) is 4.98 Å². The molecule has 4 rings (SSSR count). The molecule has 174 valence electrons. The van der Waals surface area contributed by atoms with E-state index in [1.807, 2.05) is 69.2 Å². The number of hydrogen-bond donors (Lipinski definition) is 3. The molecule has 1 saturated carbocycles. The van der Waals surface area contributed by atoms with E-state index in [1.165, 1.54) is 5.56 Å². The summed E-state index contributed by atoms with van der Waals surface area (Å²) in [6.07, 6.45) is 3.59. The standard InChI is InChI=1S/C25H32N6OS/c1-16-9-14-21(17(2)15-16)28-25(32)31(33)19-12-10-18(11-13-19)26-24-27-22-8-6-5-7-20(22)23(29-24)30(3)4/h5-9,14-15,18-19,33H,10-13H2,1-4H3,(H,28,32)(H,26,27,29). The summed E-state index contributed by atoms with van der Waals surface area (Å²) in [5.41, 5.74) is 3.97. The van der Waals surface area contributed by atoms with Gasteiger partial charge in [-0.05, 0) is 63.3 Å². The Morgan fingerprint density at radius 2 is 1.76 bits per heavy atom. The van der Waals surface area contributed by atoms with Gasteiger partial charge in [0.25, 0.3) is 0 Å². The number of aryl methyl sites for hydroxylation is 2. The predicted octanol–water partition coefficient (Wildman–Crippen LogP) is 5.41. The monoisotopic (exact) mass is 464 g/mol. The first kappa shape index (κ1) is 23.2. The average Bonchev–Trinajstić information content (AvgIpc) is 2.80. The van der Waals surface area contributed by atoms with Crippen molar-refractivity contribution >= 4 is 47.2 Å². The molecule has 0 saturated heterocycles. The van der Waals surface area contributed by atoms with Crippen molar-refractivity contribution < 1.29 is 4.79 Å². The molecule has 7 nitrogen and oxygen atoms in total. The number of hydrogen-bond acceptors (Lipinski definition) is 6. The number of thiol groups is 1. The highest BCUT2D eigenvalue weighted by atomic mass is 32.1. The highest BCUT2D eigenvalue weighted by Crippen LogP contribution is 2.29. The van der Waals surface area contributed by atoms with Crippen molar-refractivity contribution in [3.63, 3.8) is 0 Å². The summed E-state index contributed by atoms with van der Waals surface area (Å²) in [4.78, 5) is 24.2. The summed E-state index contributed by atoms with van der Waals surface area (Å²) < 4.78 is 1.55. The van der Waals surface area contributed by atoms with E-state index in [2.05, 4.69) is 29.5 Å². The Morgan fingerprint density at radius 1 is 1.03 bits per heavy atom. The molecule has 0 spiro atoms. The SMILES string of the molecule is Cc1ccc(NC(=O)N(S)C2CCC(Nc3nc(N(C)C)c4ccccc4n3)CC2)c(C)c1. The first-order valence-electron chi connectivity index (χ1n) is 11.4. The number of aromatic nitrogens is 2. The summed E-state index contributed by atoms with van der Waals surface area (Å²) in [6.45, 7) is 4.04. The molecule has 2 aromatic carbocycles. The van der Waals surface area contributed by atoms with Crippen molar-refractivity contribution in [1.82, 2.24) is 14.3 Å². The Hall–Kier alpha value is -3.00. The van der Waals surface area contributed by atoms with Crippen molar-refractivity contribution in [3.05, 3.63) is 53.6 Å². The number of amides is 2. The van der Waals surface area contributed by atoms with Gasteiger partial charge in [0, 0.05) is 37.3 Å². The van der Waals surface area contributed by atoms with Gasteiger partial charge in [-0.15, -0.1) is 0 Å². The molecule has 1 aliphatic rings. The fourth-order valence-electron chi connectivity index (χ4n) is 4.40. The van der Waals surface area contributed by atoms with Gasteiger partial charge in [-0.1, -0.05) is 42.6 Å². The van der Waals surface area contributed by atoms with E-state index >= 15 is 0 Å². The first-order valence-corrected chi connectivity index (χ1v) is 11.8. The van der Waals surface area contributed by atoms with Crippen LogP contribution in [0.15, 0.2) is 42.5 Å². The van der Waals surface area contributed by atoms with E-state index in [0.717, 1.165) is 53.7 Å². The molecule has 2 N–H and O–H groups in total. The Kier molecular flexibility index (Phi) is 6.93. The topological polar surface area (TPSA) is 73.4 Å². The lowest BCUT2D eigenvalue weighted by Crippen LogP contribution is -2.40. The average molecular weight is 465 g/mol. The van der Waals surface area contributed by atoms with Gasteiger partial charge >= 0.3 is 6.03 Å². The van der Waals surface area contributed by atoms with E-state index < -0.39 is 0 Å². The lowest BCUT2D eigenvalue weighted by Gasteiger charge is -2.34. The number of fused-ring (bicyclic) bond motifs is 1. The molecule has 8 heteroatoms. The van der Waals surface area contributed by atoms with Crippen molar-refractivity contribution in [1.29, 1.82) is 0 Å². The van der Waals surface area contributed by atoms with Gasteiger partial charge in [0.2, 0.25) is 5.95 Å². The molecule has 0 atom stereocenters. The third-order valence-corrected chi connectivity index (χ3v) is 6.72. The van der Waals surface area contributed by atoms with Crippen LogP contribution in [0.1, 0.15) is 36.8 Å². The molecule has 33 heavy (non-hydrogen) atoms. The lowest BCUT2D eigenvalue weighted by atomic mass is 9.91. The minimum absolute atomic E-state index is 0.0898. The molecule has 0 radical (unpaired) electrons. The molecule has 1 fully saturated rings. The third-order valence-electron chi connectivity index (χ3n) is 6.21. The second kappa shape index (κ2) is 9.87. The van der Waals surface area contributed by atoms with Crippen molar-refractivity contribution in [2.45, 2.75) is 51.6 Å². The van der Waals surface area contributed by atoms with E-state index in [1.54, 1.807) is 4.31 Å². The molecule has 0 bridgehead atoms. The molecular formula is C25H32N6OS. The molecular weight excluding hydrogens is 432 g/mol. The number of benzene rings is 2. The quantitative estimate of drug-likeness (QED) is 0.440. The maximum atomic E-state index is 12.7. The molecule has 1 aliphatic carbocycles. The number of anilines is 3. The maximum absolute atomic E-state index is 12.7. The Labute approximate surface area is 201 Å². The van der Waals surface area contributed by atoms with E-state index in [0.29, 0.717) is 5.95 Å². The zero-order valence-electron chi connectivity index (χ0n) is 19.7. The van der Waals surface area contributed by atoms with Gasteiger partial charge in [0.1, 0.15) is 5.82 Å². The summed E-state index contributed by atoms with van der Waals surface area (Å²) >= 11 is 4.53. The summed E-state index contributed by atoms with van der Waals surface area (Å²) in [5.74, 6) is 1.55. The largest absolute Gasteiger partial charge is 0.362 e. The van der Waals surface area contributed by atoms with Gasteiger partial charge < -0.3 is 15.5 Å². The number of para-hydroxylation sites is 1. The lowest BCUT2D eigenvalue weighted by molar-refractivity contribution is 0.217. The zero-order valence-corrected chi connectivity index (χ0v) is 20.6. The van der Waals surface area contributed by atoms with Crippen LogP contribution in [0, 0.1) is 13.8 Å². The summed E-state index contributed by atoms with van der Waals surface area (Å²) in [7, 11) is 3.99. The van der Waals surface area contributed by atoms with Gasteiger partial charge in [0.05, 0.1) is 5.52 Å². The van der Waals surface area contributed by atoms with Crippen LogP contribution in [0.25, 0.3) is 10.9 Å². The van der Waals surface area contributed by atoms with Crippen LogP contribution in [-0.2, 0) is 0 Å². The first-order chi connectivity index (χ1) is 15.8. The Morgan fingerprint density at radius 3 is 2.45 bits per heavy atom. The van der Waals surface area contributed by atoms with Crippen molar-refractivity contribution in [3.8, 4) is 0 Å². The molecule has 1 aromatic heterocycles. The Balaban J connectivity index is 1.36. The summed E-state index contributed by atoms with van der Waals surface area (Å²) in [6, 6.07) is 14.2. The molecule has 0 unspecified atom stereocenters. The van der Waals surface area contributed by atoms with E-state index in [4.69, 9.17) is 9.97 Å². The van der Waals surface area contributed by atoms with Crippen LogP contribution >= 0.6 is 12.8 Å².